The van der Waals surface area contributed by atoms with Gasteiger partial charge in [-0.05, 0) is 32.1 Å². The fourth-order valence-electron chi connectivity index (χ4n) is 3.64. The molecule has 0 aromatic heterocycles. The lowest BCUT2D eigenvalue weighted by molar-refractivity contribution is -0.148. The Morgan fingerprint density at radius 3 is 2.25 bits per heavy atom. The van der Waals surface area contributed by atoms with E-state index in [9.17, 15) is 24.0 Å². The zero-order valence-corrected chi connectivity index (χ0v) is 15.6. The lowest BCUT2D eigenvalue weighted by Gasteiger charge is -2.27. The van der Waals surface area contributed by atoms with Crippen molar-refractivity contribution < 1.29 is 29.1 Å². The molecule has 2 aliphatic heterocycles. The number of likely N-dealkylation sites (tertiary alicyclic amines) is 2. The Labute approximate surface area is 162 Å². The molecule has 2 saturated heterocycles. The number of carboxylic acids is 1. The summed E-state index contributed by atoms with van der Waals surface area (Å²) in [5.41, 5.74) is 10.9. The highest BCUT2D eigenvalue weighted by Gasteiger charge is 2.37. The molecule has 6 N–H and O–H groups in total. The first-order valence-electron chi connectivity index (χ1n) is 9.36. The second kappa shape index (κ2) is 9.49. The van der Waals surface area contributed by atoms with Crippen molar-refractivity contribution in [1.82, 2.24) is 15.1 Å². The molecule has 0 aromatic rings. The van der Waals surface area contributed by atoms with Gasteiger partial charge >= 0.3 is 5.97 Å². The van der Waals surface area contributed by atoms with E-state index in [4.69, 9.17) is 16.6 Å². The van der Waals surface area contributed by atoms with E-state index >= 15 is 0 Å². The first-order chi connectivity index (χ1) is 13.2. The molecular weight excluding hydrogens is 370 g/mol. The highest BCUT2D eigenvalue weighted by Crippen LogP contribution is 2.20. The summed E-state index contributed by atoms with van der Waals surface area (Å²) in [6.07, 6.45) is 2.13. The Kier molecular flexibility index (Phi) is 7.32. The maximum atomic E-state index is 12.5. The fraction of sp³-hybridized carbons (Fsp3) is 0.706. The second-order valence-corrected chi connectivity index (χ2v) is 7.10. The third kappa shape index (κ3) is 5.18. The molecule has 2 heterocycles. The molecule has 2 rings (SSSR count). The Hall–Kier alpha value is -2.69. The Morgan fingerprint density at radius 1 is 1.04 bits per heavy atom. The third-order valence-electron chi connectivity index (χ3n) is 5.13. The number of primary amides is 1. The van der Waals surface area contributed by atoms with Gasteiger partial charge in [0.1, 0.15) is 12.1 Å². The number of nitrogens with two attached hydrogens (primary N) is 2. The van der Waals surface area contributed by atoms with Crippen LogP contribution in [0.15, 0.2) is 0 Å². The number of hydrogen-bond acceptors (Lipinski definition) is 6. The van der Waals surface area contributed by atoms with Crippen molar-refractivity contribution in [2.75, 3.05) is 19.6 Å². The third-order valence-corrected chi connectivity index (χ3v) is 5.13. The van der Waals surface area contributed by atoms with Gasteiger partial charge in [0.05, 0.1) is 12.6 Å². The van der Waals surface area contributed by atoms with Gasteiger partial charge in [0.15, 0.2) is 0 Å². The van der Waals surface area contributed by atoms with Crippen LogP contribution in [0.1, 0.15) is 38.5 Å². The van der Waals surface area contributed by atoms with Gasteiger partial charge in [-0.25, -0.2) is 4.79 Å². The van der Waals surface area contributed by atoms with Gasteiger partial charge in [-0.1, -0.05) is 0 Å². The van der Waals surface area contributed by atoms with Gasteiger partial charge in [0.2, 0.25) is 23.6 Å². The Balaban J connectivity index is 1.88. The van der Waals surface area contributed by atoms with Crippen molar-refractivity contribution in [2.24, 2.45) is 11.5 Å². The molecular formula is C17H27N5O6. The lowest BCUT2D eigenvalue weighted by Crippen LogP contribution is -2.53. The first kappa shape index (κ1) is 21.6. The smallest absolute Gasteiger partial charge is 0.326 e. The van der Waals surface area contributed by atoms with Crippen LogP contribution >= 0.6 is 0 Å². The van der Waals surface area contributed by atoms with Crippen LogP contribution < -0.4 is 16.8 Å². The molecule has 3 unspecified atom stereocenters. The topological polar surface area (TPSA) is 176 Å². The number of carbonyl (C=O) groups is 5. The highest BCUT2D eigenvalue weighted by molar-refractivity contribution is 5.93. The molecule has 0 bridgehead atoms. The average Bonchev–Trinajstić information content (AvgIpc) is 3.32. The quantitative estimate of drug-likeness (QED) is 0.358. The van der Waals surface area contributed by atoms with Crippen LogP contribution in [0.5, 0.6) is 0 Å². The van der Waals surface area contributed by atoms with E-state index in [1.807, 2.05) is 0 Å². The molecule has 2 aliphatic rings. The van der Waals surface area contributed by atoms with Gasteiger partial charge in [-0.15, -0.1) is 0 Å². The van der Waals surface area contributed by atoms with E-state index in [-0.39, 0.29) is 19.4 Å². The van der Waals surface area contributed by atoms with Crippen molar-refractivity contribution in [3.63, 3.8) is 0 Å². The number of nitrogens with one attached hydrogen (secondary N) is 1. The van der Waals surface area contributed by atoms with Crippen molar-refractivity contribution in [2.45, 2.75) is 56.7 Å². The van der Waals surface area contributed by atoms with E-state index in [1.165, 1.54) is 9.80 Å². The van der Waals surface area contributed by atoms with Crippen LogP contribution in [0.2, 0.25) is 0 Å². The standard InChI is InChI=1S/C17H27N5O6/c18-10(5-6-13(19)23)16(26)22-8-1-3-11(22)15(25)20-9-14(24)21-7-2-4-12(21)17(27)28/h10-12H,1-9,18H2,(H2,19,23)(H,20,25)(H,27,28). The molecule has 11 heteroatoms. The monoisotopic (exact) mass is 397 g/mol. The van der Waals surface area contributed by atoms with Gasteiger partial charge in [0.25, 0.3) is 0 Å². The maximum Gasteiger partial charge on any atom is 0.326 e. The minimum absolute atomic E-state index is 0.0211. The van der Waals surface area contributed by atoms with Gasteiger partial charge < -0.3 is 31.7 Å². The van der Waals surface area contributed by atoms with E-state index in [2.05, 4.69) is 5.32 Å². The van der Waals surface area contributed by atoms with Crippen LogP contribution in [0, 0.1) is 0 Å². The molecule has 0 saturated carbocycles. The summed E-state index contributed by atoms with van der Waals surface area (Å²) in [4.78, 5) is 61.8. The van der Waals surface area contributed by atoms with Gasteiger partial charge in [-0.2, -0.15) is 0 Å². The van der Waals surface area contributed by atoms with E-state index < -0.39 is 47.7 Å². The number of nitrogens with zero attached hydrogens (tertiary/aromatic N) is 2. The minimum atomic E-state index is -1.06. The predicted molar refractivity (Wildman–Crippen MR) is 96.5 cm³/mol. The molecule has 156 valence electrons. The average molecular weight is 397 g/mol. The summed E-state index contributed by atoms with van der Waals surface area (Å²) in [7, 11) is 0. The molecule has 0 spiro atoms. The summed E-state index contributed by atoms with van der Waals surface area (Å²) in [6, 6.07) is -2.53. The zero-order chi connectivity index (χ0) is 20.8. The maximum absolute atomic E-state index is 12.5. The van der Waals surface area contributed by atoms with Crippen LogP contribution in [0.3, 0.4) is 0 Å². The number of aliphatic carboxylic acids is 1. The molecule has 28 heavy (non-hydrogen) atoms. The molecule has 0 radical (unpaired) electrons. The number of carboxylic acid groups (broad SMARTS) is 1. The molecule has 0 aliphatic carbocycles. The zero-order valence-electron chi connectivity index (χ0n) is 15.6. The Morgan fingerprint density at radius 2 is 1.64 bits per heavy atom. The molecule has 4 amide bonds. The van der Waals surface area contributed by atoms with Crippen molar-refractivity contribution in [1.29, 1.82) is 0 Å². The van der Waals surface area contributed by atoms with Crippen molar-refractivity contribution in [3.8, 4) is 0 Å². The number of rotatable bonds is 8. The van der Waals surface area contributed by atoms with Gasteiger partial charge in [-0.3, -0.25) is 19.2 Å². The number of hydrogen-bond donors (Lipinski definition) is 4. The molecule has 2 fully saturated rings. The Bertz CT molecular complexity index is 654. The van der Waals surface area contributed by atoms with E-state index in [1.54, 1.807) is 0 Å². The van der Waals surface area contributed by atoms with Crippen LogP contribution in [0.25, 0.3) is 0 Å². The summed E-state index contributed by atoms with van der Waals surface area (Å²) in [5, 5.41) is 11.6. The van der Waals surface area contributed by atoms with Crippen LogP contribution in [-0.4, -0.2) is 82.3 Å². The second-order valence-electron chi connectivity index (χ2n) is 7.10. The highest BCUT2D eigenvalue weighted by atomic mass is 16.4. The molecule has 3 atom stereocenters. The van der Waals surface area contributed by atoms with E-state index in [0.717, 1.165) is 0 Å². The lowest BCUT2D eigenvalue weighted by atomic mass is 10.1. The number of amides is 4. The number of carbonyl (C=O) groups excluding carboxylic acids is 4. The summed E-state index contributed by atoms with van der Waals surface area (Å²) in [5.74, 6) is -3.00. The predicted octanol–water partition coefficient (Wildman–Crippen LogP) is -2.24. The summed E-state index contributed by atoms with van der Waals surface area (Å²) >= 11 is 0. The molecule has 0 aromatic carbocycles. The van der Waals surface area contributed by atoms with Gasteiger partial charge in [0, 0.05) is 19.5 Å². The summed E-state index contributed by atoms with van der Waals surface area (Å²) in [6.45, 7) is 0.381. The minimum Gasteiger partial charge on any atom is -0.480 e. The SMILES string of the molecule is NC(=O)CCC(N)C(=O)N1CCCC1C(=O)NCC(=O)N1CCCC1C(=O)O. The first-order valence-corrected chi connectivity index (χ1v) is 9.36. The fourth-order valence-corrected chi connectivity index (χ4v) is 3.64. The largest absolute Gasteiger partial charge is 0.480 e. The summed E-state index contributed by atoms with van der Waals surface area (Å²) < 4.78 is 0. The van der Waals surface area contributed by atoms with Crippen LogP contribution in [0.4, 0.5) is 0 Å². The normalized spacial score (nSPS) is 22.8. The van der Waals surface area contributed by atoms with Crippen LogP contribution in [-0.2, 0) is 24.0 Å². The van der Waals surface area contributed by atoms with Crippen molar-refractivity contribution in [3.05, 3.63) is 0 Å². The molecule has 11 nitrogen and oxygen atoms in total. The van der Waals surface area contributed by atoms with E-state index in [0.29, 0.717) is 38.8 Å². The van der Waals surface area contributed by atoms with Crippen molar-refractivity contribution >= 4 is 29.6 Å².